The minimum absolute atomic E-state index is 0.614. The maximum atomic E-state index is 16.0. The van der Waals surface area contributed by atoms with E-state index < -0.39 is 61.8 Å². The molecule has 2 saturated carbocycles. The Balaban J connectivity index is 1.15. The molecule has 8 N–H and O–H groups in total. The molecule has 348 valence electrons. The first kappa shape index (κ1) is 33.0. The van der Waals surface area contributed by atoms with E-state index in [1.54, 1.807) is 0 Å². The van der Waals surface area contributed by atoms with E-state index >= 15 is 18.3 Å². The summed E-state index contributed by atoms with van der Waals surface area (Å²) >= 11 is 0. The summed E-state index contributed by atoms with van der Waals surface area (Å²) in [6.45, 7) is 0. The molecule has 12 nitrogen and oxygen atoms in total. The van der Waals surface area contributed by atoms with Crippen molar-refractivity contribution in [3.05, 3.63) is 44.5 Å². The maximum absolute atomic E-state index is 16.0. The number of benzene rings is 16. The van der Waals surface area contributed by atoms with Gasteiger partial charge in [-0.15, -0.1) is 0 Å². The largest absolute Gasteiger partial charge is 0.346 e. The van der Waals surface area contributed by atoms with Crippen LogP contribution in [0.1, 0.15) is 44.5 Å². The Kier molecular flexibility index (Phi) is 2.92. The van der Waals surface area contributed by atoms with Crippen molar-refractivity contribution in [1.82, 2.24) is 0 Å². The summed E-state index contributed by atoms with van der Waals surface area (Å²) in [5, 5.41) is 44.6. The number of hydrogen-bond acceptors (Lipinski definition) is 4. The van der Waals surface area contributed by atoms with Crippen molar-refractivity contribution in [1.29, 1.82) is 0 Å². The quantitative estimate of drug-likeness (QED) is 0.0608. The molecule has 0 amide bonds. The molecule has 0 bridgehead atoms. The number of hydrogen-bond donors (Lipinski definition) is 8. The van der Waals surface area contributed by atoms with Gasteiger partial charge in [0.15, 0.2) is 0 Å². The number of rotatable bonds is 4. The zero-order valence-electron chi connectivity index (χ0n) is 38.0. The molecule has 10 aliphatic carbocycles. The van der Waals surface area contributed by atoms with Gasteiger partial charge in [-0.25, -0.2) is 0 Å². The highest BCUT2D eigenvalue weighted by molar-refractivity contribution is 7.74. The first-order valence-corrected chi connectivity index (χ1v) is 33.2. The Morgan fingerprint density at radius 2 is 0.231 bits per heavy atom. The Morgan fingerprint density at radius 1 is 0.154 bits per heavy atom. The molecule has 0 aliphatic heterocycles. The summed E-state index contributed by atoms with van der Waals surface area (Å²) in [6.07, 6.45) is 0. The average molecular weight is 1070 g/mol. The van der Waals surface area contributed by atoms with E-state index in [9.17, 15) is 39.1 Å². The Labute approximate surface area is 420 Å². The summed E-state index contributed by atoms with van der Waals surface area (Å²) in [5.41, 5.74) is -2.55. The molecule has 0 radical (unpaired) electrons. The second-order valence-electron chi connectivity index (χ2n) is 27.5. The molecule has 0 saturated heterocycles. The van der Waals surface area contributed by atoms with Crippen LogP contribution in [0.3, 0.4) is 0 Å². The van der Waals surface area contributed by atoms with Gasteiger partial charge in [0.1, 0.15) is 0 Å². The van der Waals surface area contributed by atoms with Crippen molar-refractivity contribution in [2.45, 2.75) is 31.5 Å². The molecule has 10 aliphatic rings. The maximum Gasteiger partial charge on any atom is 0.346 e. The predicted octanol–water partition coefficient (Wildman–Crippen LogP) is 13.0. The minimum Gasteiger partial charge on any atom is -0.324 e. The monoisotopic (exact) mass is 1070 g/mol. The third kappa shape index (κ3) is 1.62. The van der Waals surface area contributed by atoms with Crippen molar-refractivity contribution >= 4 is 289 Å². The zero-order valence-corrected chi connectivity index (χ0v) is 41.6. The lowest BCUT2D eigenvalue weighted by atomic mass is 9.67. The van der Waals surface area contributed by atoms with Gasteiger partial charge in [-0.3, -0.25) is 18.3 Å². The minimum atomic E-state index is -5.94. The zero-order chi connectivity index (χ0) is 49.3. The molecule has 0 heterocycles. The average Bonchev–Trinajstić information content (AvgIpc) is 1.39. The van der Waals surface area contributed by atoms with E-state index in [0.29, 0.717) is 44.5 Å². The molecule has 4 unspecified atom stereocenters. The lowest BCUT2D eigenvalue weighted by molar-refractivity contribution is 0.323. The molecule has 2 fully saturated rings. The van der Waals surface area contributed by atoms with Gasteiger partial charge in [-0.1, -0.05) is 0 Å². The van der Waals surface area contributed by atoms with Gasteiger partial charge in [-0.05, 0) is 303 Å². The summed E-state index contributed by atoms with van der Waals surface area (Å²) in [5.74, 6) is 0. The van der Waals surface area contributed by atoms with Gasteiger partial charge in [0.2, 0.25) is 9.79 Å². The second kappa shape index (κ2) is 6.90. The van der Waals surface area contributed by atoms with Gasteiger partial charge in [0.05, 0.1) is 21.7 Å². The van der Waals surface area contributed by atoms with Crippen LogP contribution in [-0.4, -0.2) is 48.9 Å². The Bertz CT molecular complexity index is 7520. The van der Waals surface area contributed by atoms with Crippen molar-refractivity contribution in [2.24, 2.45) is 0 Å². The standard InChI is InChI=1S/C62H8O12P4/c63-75(64,65)61(76(66,67)68)57-49-33-17-5-3-1-2-4-6-8-14-24-12(4)21(9(1)17)37(49)40(24)52-42-26(14)16-20(8)36-34-18(6)10(2)22-11(3)23-13-7(5)19-15-25(13)41-45-29-27(15)43(53(57)35(19)33)47-31(29)32-30(46(42)56(47)60(52,57)61)28(16)44-48(32)55(45)59-51(41)39(23)38(22)50(34)58(59,54(36)44)62(59,77(69,70)71)78(72,73)74/h(H2,63,64,65)(H2,66,67,68)(H2,69,70,71)(H2,72,73,74). The third-order valence-electron chi connectivity index (χ3n) is 27.8. The van der Waals surface area contributed by atoms with Gasteiger partial charge in [0.25, 0.3) is 0 Å². The third-order valence-corrected chi connectivity index (χ3v) is 37.0. The lowest BCUT2D eigenvalue weighted by Gasteiger charge is -2.32. The molecule has 16 heteroatoms. The molecule has 4 spiro atoms. The van der Waals surface area contributed by atoms with Gasteiger partial charge < -0.3 is 39.1 Å². The lowest BCUT2D eigenvalue weighted by Crippen LogP contribution is -2.27. The first-order valence-electron chi connectivity index (χ1n) is 26.7. The van der Waals surface area contributed by atoms with Crippen molar-refractivity contribution in [3.63, 3.8) is 0 Å². The topological polar surface area (TPSA) is 230 Å². The Hall–Kier alpha value is -6.68. The fraction of sp³-hybridized carbons (Fsp3) is 0.0968. The van der Waals surface area contributed by atoms with Crippen molar-refractivity contribution < 1.29 is 57.4 Å². The van der Waals surface area contributed by atoms with Crippen LogP contribution in [0.2, 0.25) is 0 Å². The van der Waals surface area contributed by atoms with Crippen molar-refractivity contribution in [2.75, 3.05) is 0 Å². The van der Waals surface area contributed by atoms with E-state index in [-0.39, 0.29) is 0 Å². The summed E-state index contributed by atoms with van der Waals surface area (Å²) < 4.78 is 64.0. The fourth-order valence-electron chi connectivity index (χ4n) is 28.5. The predicted molar refractivity (Wildman–Crippen MR) is 301 cm³/mol. The van der Waals surface area contributed by atoms with E-state index in [2.05, 4.69) is 0 Å². The van der Waals surface area contributed by atoms with Crippen LogP contribution < -0.4 is 0 Å². The molecule has 34 rings (SSSR count). The van der Waals surface area contributed by atoms with Crippen LogP contribution in [0.4, 0.5) is 0 Å². The van der Waals surface area contributed by atoms with Crippen LogP contribution >= 0.6 is 30.4 Å². The molecule has 78 heavy (non-hydrogen) atoms. The smallest absolute Gasteiger partial charge is 0.324 e. The summed E-state index contributed by atoms with van der Waals surface area (Å²) in [4.78, 5) is 97.8. The van der Waals surface area contributed by atoms with Gasteiger partial charge in [0, 0.05) is 0 Å². The molecular formula is C62H8O12P4. The van der Waals surface area contributed by atoms with E-state index in [1.807, 2.05) is 0 Å². The first-order chi connectivity index (χ1) is 37.5. The molecule has 0 aromatic heterocycles. The van der Waals surface area contributed by atoms with E-state index in [1.165, 1.54) is 0 Å². The van der Waals surface area contributed by atoms with Crippen LogP contribution in [-0.2, 0) is 39.9 Å². The molecular weight excluding hydrogens is 1060 g/mol. The molecule has 4 atom stereocenters. The van der Waals surface area contributed by atoms with Crippen LogP contribution in [0, 0.1) is 0 Å². The highest BCUT2D eigenvalue weighted by atomic mass is 31.2. The highest BCUT2D eigenvalue weighted by Gasteiger charge is 3.07. The van der Waals surface area contributed by atoms with E-state index in [4.69, 9.17) is 0 Å². The second-order valence-corrected chi connectivity index (χ2v) is 35.3. The van der Waals surface area contributed by atoms with Crippen molar-refractivity contribution in [3.8, 4) is 0 Å². The van der Waals surface area contributed by atoms with Crippen LogP contribution in [0.25, 0.3) is 259 Å². The van der Waals surface area contributed by atoms with Crippen LogP contribution in [0.15, 0.2) is 0 Å². The fourth-order valence-corrected chi connectivity index (χ4v) is 37.7. The van der Waals surface area contributed by atoms with E-state index in [0.717, 1.165) is 259 Å². The normalized spacial score (nSPS) is 28.1. The summed E-state index contributed by atoms with van der Waals surface area (Å²) in [7, 11) is -23.8. The SMILES string of the molecule is O=P(O)(O)C1(P(=O)(O)O)C23c4c5c6c7c8c9c(c%10c%11c2c2c4c4c%12c%13c%14c%15c%16c%17c%18c%19c%20c%21c%22c(c%13c4c4c2c2c%11c%11c%10c%10c9c9c%13c8c(c6c%15c5%12)c%16c%13c%18c5c%19c6c%21c(c2c%224)c%11c6c%10c59)C%202C%14%17C2(P(=O)(O)O)P(=O)(O)O)C731. The van der Waals surface area contributed by atoms with Crippen LogP contribution in [0.5, 0.6) is 0 Å². The van der Waals surface area contributed by atoms with Gasteiger partial charge in [-0.2, -0.15) is 0 Å². The highest BCUT2D eigenvalue weighted by Crippen LogP contribution is 3.08. The molecule has 24 aromatic rings. The molecule has 24 aromatic carbocycles. The summed E-state index contributed by atoms with van der Waals surface area (Å²) in [6, 6.07) is 0. The Morgan fingerprint density at radius 3 is 0.308 bits per heavy atom. The van der Waals surface area contributed by atoms with Gasteiger partial charge >= 0.3 is 30.4 Å².